The predicted octanol–water partition coefficient (Wildman–Crippen LogP) is 1.70. The largest absolute Gasteiger partial charge is 0.356 e. The molecular weight excluding hydrogens is 192 g/mol. The van der Waals surface area contributed by atoms with Gasteiger partial charge in [0, 0.05) is 13.5 Å². The Hall–Kier alpha value is -0.610. The highest BCUT2D eigenvalue weighted by Crippen LogP contribution is 1.96. The van der Waals surface area contributed by atoms with E-state index in [2.05, 4.69) is 37.8 Å². The number of amides is 1. The fourth-order valence-electron chi connectivity index (χ4n) is 0.652. The summed E-state index contributed by atoms with van der Waals surface area (Å²) in [6.45, 7) is 11.4. The fraction of sp³-hybridized carbons (Fsp3) is 0.909. The number of carbonyl (C=O) groups excluding carboxylic acids is 1. The third-order valence-electron chi connectivity index (χ3n) is 1.57. The number of nitrogens with one attached hydrogen (secondary N) is 1. The van der Waals surface area contributed by atoms with Gasteiger partial charge in [-0.2, -0.15) is 0 Å². The molecule has 0 fully saturated rings. The van der Waals surface area contributed by atoms with Crippen molar-refractivity contribution >= 4 is 5.91 Å². The highest BCUT2D eigenvalue weighted by Gasteiger charge is 1.92. The van der Waals surface area contributed by atoms with Crippen molar-refractivity contribution in [1.82, 2.24) is 5.32 Å². The summed E-state index contributed by atoms with van der Waals surface area (Å²) < 4.78 is 0. The molecule has 1 amide bonds. The first-order chi connectivity index (χ1) is 6.90. The van der Waals surface area contributed by atoms with E-state index in [0.29, 0.717) is 18.4 Å². The van der Waals surface area contributed by atoms with E-state index in [1.807, 2.05) is 0 Å². The van der Waals surface area contributed by atoms with Crippen molar-refractivity contribution in [2.75, 3.05) is 13.2 Å². The van der Waals surface area contributed by atoms with Gasteiger partial charge >= 0.3 is 0 Å². The second-order valence-corrected chi connectivity index (χ2v) is 4.38. The average Bonchev–Trinajstić information content (AvgIpc) is 2.12. The Morgan fingerprint density at radius 2 is 1.80 bits per heavy atom. The fourth-order valence-corrected chi connectivity index (χ4v) is 0.652. The molecule has 0 spiro atoms. The summed E-state index contributed by atoms with van der Waals surface area (Å²) in [5, 5.41) is 2.71. The predicted molar refractivity (Wildman–Crippen MR) is 63.1 cm³/mol. The van der Waals surface area contributed by atoms with Gasteiger partial charge in [-0.3, -0.25) is 4.79 Å². The van der Waals surface area contributed by atoms with Crippen LogP contribution in [0.1, 0.15) is 41.0 Å². The maximum Gasteiger partial charge on any atom is 0.216 e. The first kappa shape index (κ1) is 16.8. The van der Waals surface area contributed by atoms with Gasteiger partial charge in [0.25, 0.3) is 0 Å². The van der Waals surface area contributed by atoms with Crippen LogP contribution in [0.15, 0.2) is 0 Å². The van der Waals surface area contributed by atoms with Crippen LogP contribution in [0, 0.1) is 11.8 Å². The van der Waals surface area contributed by atoms with Gasteiger partial charge in [0.1, 0.15) is 0 Å². The Labute approximate surface area is 93.5 Å². The molecule has 0 rings (SSSR count). The molecule has 0 bridgehead atoms. The minimum absolute atomic E-state index is 0.0544. The quantitative estimate of drug-likeness (QED) is 0.690. The van der Waals surface area contributed by atoms with Crippen molar-refractivity contribution in [2.45, 2.75) is 41.0 Å². The van der Waals surface area contributed by atoms with E-state index in [4.69, 9.17) is 5.90 Å². The zero-order valence-corrected chi connectivity index (χ0v) is 10.7. The molecule has 4 nitrogen and oxygen atoms in total. The van der Waals surface area contributed by atoms with E-state index in [1.165, 1.54) is 6.92 Å². The number of carbonyl (C=O) groups is 1. The molecule has 0 radical (unpaired) electrons. The summed E-state index contributed by atoms with van der Waals surface area (Å²) in [4.78, 5) is 14.6. The minimum Gasteiger partial charge on any atom is -0.356 e. The molecule has 0 aromatic heterocycles. The molecule has 3 N–H and O–H groups in total. The SMILES string of the molecule is CC(=O)NCC(C)C.CC(C)CCON. The lowest BCUT2D eigenvalue weighted by atomic mass is 10.1. The molecule has 0 heterocycles. The van der Waals surface area contributed by atoms with Crippen molar-refractivity contribution in [3.05, 3.63) is 0 Å². The smallest absolute Gasteiger partial charge is 0.216 e. The Balaban J connectivity index is 0. The minimum atomic E-state index is 0.0544. The van der Waals surface area contributed by atoms with Crippen molar-refractivity contribution in [2.24, 2.45) is 17.7 Å². The van der Waals surface area contributed by atoms with Crippen LogP contribution in [0.3, 0.4) is 0 Å². The summed E-state index contributed by atoms with van der Waals surface area (Å²) in [6, 6.07) is 0. The molecule has 0 aliphatic carbocycles. The van der Waals surface area contributed by atoms with Gasteiger partial charge in [-0.05, 0) is 18.3 Å². The summed E-state index contributed by atoms with van der Waals surface area (Å²) in [7, 11) is 0. The van der Waals surface area contributed by atoms with Gasteiger partial charge in [-0.15, -0.1) is 0 Å². The van der Waals surface area contributed by atoms with E-state index in [1.54, 1.807) is 0 Å². The topological polar surface area (TPSA) is 64.3 Å². The lowest BCUT2D eigenvalue weighted by Crippen LogP contribution is -2.24. The van der Waals surface area contributed by atoms with E-state index in [-0.39, 0.29) is 5.91 Å². The number of hydrogen-bond donors (Lipinski definition) is 2. The Kier molecular flexibility index (Phi) is 12.8. The monoisotopic (exact) mass is 218 g/mol. The molecule has 0 aliphatic rings. The zero-order chi connectivity index (χ0) is 12.3. The third kappa shape index (κ3) is 24.7. The maximum atomic E-state index is 10.2. The Bertz CT molecular complexity index is 148. The molecule has 0 aromatic rings. The Morgan fingerprint density at radius 1 is 1.27 bits per heavy atom. The summed E-state index contributed by atoms with van der Waals surface area (Å²) >= 11 is 0. The van der Waals surface area contributed by atoms with E-state index >= 15 is 0 Å². The number of hydrogen-bond acceptors (Lipinski definition) is 3. The average molecular weight is 218 g/mol. The molecule has 4 heteroatoms. The lowest BCUT2D eigenvalue weighted by Gasteiger charge is -2.02. The molecular formula is C11H26N2O2. The second kappa shape index (κ2) is 11.5. The number of nitrogens with two attached hydrogens (primary N) is 1. The first-order valence-corrected chi connectivity index (χ1v) is 5.46. The second-order valence-electron chi connectivity index (χ2n) is 4.38. The molecule has 0 aromatic carbocycles. The molecule has 0 atom stereocenters. The van der Waals surface area contributed by atoms with Crippen LogP contribution in [0.25, 0.3) is 0 Å². The van der Waals surface area contributed by atoms with Gasteiger partial charge < -0.3 is 10.2 Å². The van der Waals surface area contributed by atoms with E-state index in [9.17, 15) is 4.79 Å². The third-order valence-corrected chi connectivity index (χ3v) is 1.57. The molecule has 92 valence electrons. The van der Waals surface area contributed by atoms with Crippen LogP contribution in [-0.4, -0.2) is 19.1 Å². The molecule has 0 aliphatic heterocycles. The van der Waals surface area contributed by atoms with Gasteiger partial charge in [0.15, 0.2) is 0 Å². The van der Waals surface area contributed by atoms with Gasteiger partial charge in [-0.1, -0.05) is 27.7 Å². The van der Waals surface area contributed by atoms with Crippen LogP contribution >= 0.6 is 0 Å². The lowest BCUT2D eigenvalue weighted by molar-refractivity contribution is -0.119. The maximum absolute atomic E-state index is 10.2. The van der Waals surface area contributed by atoms with Crippen LogP contribution in [0.4, 0.5) is 0 Å². The molecule has 15 heavy (non-hydrogen) atoms. The number of rotatable bonds is 5. The normalized spacial score (nSPS) is 9.87. The standard InChI is InChI=1S/C6H13NO.C5H13NO/c1-5(2)4-7-6(3)8;1-5(2)3-4-7-6/h5H,4H2,1-3H3,(H,7,8);5H,3-4,6H2,1-2H3. The van der Waals surface area contributed by atoms with Crippen LogP contribution in [0.2, 0.25) is 0 Å². The van der Waals surface area contributed by atoms with Crippen molar-refractivity contribution in [3.8, 4) is 0 Å². The van der Waals surface area contributed by atoms with Crippen molar-refractivity contribution in [1.29, 1.82) is 0 Å². The first-order valence-electron chi connectivity index (χ1n) is 5.46. The summed E-state index contributed by atoms with van der Waals surface area (Å²) in [5.41, 5.74) is 0. The molecule has 0 saturated heterocycles. The van der Waals surface area contributed by atoms with Gasteiger partial charge in [0.05, 0.1) is 6.61 Å². The summed E-state index contributed by atoms with van der Waals surface area (Å²) in [5.74, 6) is 6.08. The van der Waals surface area contributed by atoms with Crippen molar-refractivity contribution in [3.63, 3.8) is 0 Å². The molecule has 0 unspecified atom stereocenters. The van der Waals surface area contributed by atoms with Crippen LogP contribution in [-0.2, 0) is 9.63 Å². The van der Waals surface area contributed by atoms with E-state index < -0.39 is 0 Å². The zero-order valence-electron chi connectivity index (χ0n) is 10.7. The highest BCUT2D eigenvalue weighted by molar-refractivity contribution is 5.72. The van der Waals surface area contributed by atoms with Crippen LogP contribution in [0.5, 0.6) is 0 Å². The van der Waals surface area contributed by atoms with Crippen LogP contribution < -0.4 is 11.2 Å². The summed E-state index contributed by atoms with van der Waals surface area (Å²) in [6.07, 6.45) is 1.05. The van der Waals surface area contributed by atoms with Gasteiger partial charge in [0.2, 0.25) is 5.91 Å². The highest BCUT2D eigenvalue weighted by atomic mass is 16.6. The van der Waals surface area contributed by atoms with E-state index in [0.717, 1.165) is 13.0 Å². The Morgan fingerprint density at radius 3 is 1.93 bits per heavy atom. The van der Waals surface area contributed by atoms with Gasteiger partial charge in [-0.25, -0.2) is 5.90 Å². The van der Waals surface area contributed by atoms with Crippen molar-refractivity contribution < 1.29 is 9.63 Å². The molecule has 0 saturated carbocycles.